The van der Waals surface area contributed by atoms with Crippen molar-refractivity contribution in [2.24, 2.45) is 0 Å². The average Bonchev–Trinajstić information content (AvgIpc) is 2.77. The van der Waals surface area contributed by atoms with E-state index in [4.69, 9.17) is 0 Å². The lowest BCUT2D eigenvalue weighted by Crippen LogP contribution is -2.06. The normalized spacial score (nSPS) is 11.4. The number of rotatable bonds is 15. The third-order valence-electron chi connectivity index (χ3n) is 6.52. The van der Waals surface area contributed by atoms with Crippen molar-refractivity contribution in [3.8, 4) is 16.9 Å². The highest BCUT2D eigenvalue weighted by molar-refractivity contribution is 5.76. The summed E-state index contributed by atoms with van der Waals surface area (Å²) >= 11 is 0. The zero-order valence-corrected chi connectivity index (χ0v) is 20.7. The topological polar surface area (TPSA) is 20.2 Å². The van der Waals surface area contributed by atoms with Gasteiger partial charge in [-0.3, -0.25) is 0 Å². The molecule has 0 heterocycles. The van der Waals surface area contributed by atoms with Gasteiger partial charge in [0.15, 0.2) is 0 Å². The van der Waals surface area contributed by atoms with Crippen LogP contribution in [0, 0.1) is 0 Å². The fraction of sp³-hybridized carbons (Fsp3) is 0.600. The van der Waals surface area contributed by atoms with E-state index in [0.717, 1.165) is 24.0 Å². The monoisotopic (exact) mass is 422 g/mol. The maximum Gasteiger partial charge on any atom is 0.123 e. The minimum Gasteiger partial charge on any atom is -0.507 e. The van der Waals surface area contributed by atoms with Crippen LogP contribution in [0.1, 0.15) is 121 Å². The Morgan fingerprint density at radius 3 is 1.84 bits per heavy atom. The third-order valence-corrected chi connectivity index (χ3v) is 6.52. The Morgan fingerprint density at radius 1 is 0.710 bits per heavy atom. The molecule has 0 saturated heterocycles. The predicted octanol–water partition coefficient (Wildman–Crippen LogP) is 9.60. The fourth-order valence-corrected chi connectivity index (χ4v) is 4.85. The highest BCUT2D eigenvalue weighted by Crippen LogP contribution is 2.41. The quantitative estimate of drug-likeness (QED) is 0.283. The Bertz CT molecular complexity index is 745. The minimum atomic E-state index is 0.399. The van der Waals surface area contributed by atoms with Gasteiger partial charge in [-0.2, -0.15) is 0 Å². The molecule has 0 aliphatic rings. The first-order valence-corrected chi connectivity index (χ1v) is 13.0. The Kier molecular flexibility index (Phi) is 11.8. The van der Waals surface area contributed by atoms with Crippen molar-refractivity contribution in [2.45, 2.75) is 117 Å². The van der Waals surface area contributed by atoms with Gasteiger partial charge in [0, 0.05) is 5.56 Å². The van der Waals surface area contributed by atoms with Gasteiger partial charge >= 0.3 is 0 Å². The van der Waals surface area contributed by atoms with Crippen molar-refractivity contribution < 1.29 is 5.11 Å². The van der Waals surface area contributed by atoms with Crippen LogP contribution in [-0.4, -0.2) is 5.11 Å². The molecule has 0 aliphatic heterocycles. The predicted molar refractivity (Wildman–Crippen MR) is 137 cm³/mol. The maximum atomic E-state index is 11.1. The molecule has 0 fully saturated rings. The molecular formula is C30H46O. The van der Waals surface area contributed by atoms with Crippen LogP contribution in [0.25, 0.3) is 11.1 Å². The van der Waals surface area contributed by atoms with E-state index in [1.165, 1.54) is 87.3 Å². The maximum absolute atomic E-state index is 11.1. The summed E-state index contributed by atoms with van der Waals surface area (Å²) in [6.07, 6.45) is 16.6. The van der Waals surface area contributed by atoms with Crippen LogP contribution < -0.4 is 0 Å². The molecule has 1 N–H and O–H groups in total. The van der Waals surface area contributed by atoms with E-state index in [2.05, 4.69) is 64.1 Å². The number of hydrogen-bond acceptors (Lipinski definition) is 1. The molecule has 0 aromatic heterocycles. The highest BCUT2D eigenvalue weighted by Gasteiger charge is 2.21. The number of hydrogen-bond donors (Lipinski definition) is 1. The molecule has 0 aliphatic carbocycles. The molecule has 0 unspecified atom stereocenters. The lowest BCUT2D eigenvalue weighted by Gasteiger charge is -2.23. The summed E-state index contributed by atoms with van der Waals surface area (Å²) in [6, 6.07) is 12.6. The molecule has 1 nitrogen and oxygen atoms in total. The van der Waals surface area contributed by atoms with Crippen molar-refractivity contribution in [2.75, 3.05) is 0 Å². The van der Waals surface area contributed by atoms with Crippen molar-refractivity contribution in [1.82, 2.24) is 0 Å². The third kappa shape index (κ3) is 8.02. The van der Waals surface area contributed by atoms with E-state index in [0.29, 0.717) is 11.7 Å². The highest BCUT2D eigenvalue weighted by atomic mass is 16.3. The van der Waals surface area contributed by atoms with Gasteiger partial charge in [-0.25, -0.2) is 0 Å². The summed E-state index contributed by atoms with van der Waals surface area (Å²) in [5.74, 6) is 0.862. The van der Waals surface area contributed by atoms with Crippen molar-refractivity contribution in [3.63, 3.8) is 0 Å². The van der Waals surface area contributed by atoms with Crippen molar-refractivity contribution in [1.29, 1.82) is 0 Å². The molecule has 2 rings (SSSR count). The summed E-state index contributed by atoms with van der Waals surface area (Å²) < 4.78 is 0. The van der Waals surface area contributed by atoms with Gasteiger partial charge in [0.1, 0.15) is 5.75 Å². The van der Waals surface area contributed by atoms with Crippen LogP contribution in [0.5, 0.6) is 5.75 Å². The van der Waals surface area contributed by atoms with Gasteiger partial charge < -0.3 is 5.11 Å². The van der Waals surface area contributed by atoms with Gasteiger partial charge in [0.2, 0.25) is 0 Å². The van der Waals surface area contributed by atoms with E-state index in [1.807, 2.05) is 0 Å². The summed E-state index contributed by atoms with van der Waals surface area (Å²) in [6.45, 7) is 9.13. The Labute approximate surface area is 192 Å². The minimum absolute atomic E-state index is 0.399. The molecule has 0 saturated carbocycles. The van der Waals surface area contributed by atoms with Crippen LogP contribution in [0.2, 0.25) is 0 Å². The first-order chi connectivity index (χ1) is 15.1. The van der Waals surface area contributed by atoms with E-state index in [9.17, 15) is 5.11 Å². The standard InChI is InChI=1S/C30H46O/c1-5-7-9-11-13-18-22-27-26(21-15-12-10-8-6-2)23-28(31)30(29(27)24(3)4)25-19-16-14-17-20-25/h14,16-17,19-20,23-24,31H,5-13,15,18,21-22H2,1-4H3. The molecule has 0 atom stereocenters. The summed E-state index contributed by atoms with van der Waals surface area (Å²) in [5.41, 5.74) is 6.50. The lowest BCUT2D eigenvalue weighted by molar-refractivity contribution is 0.474. The van der Waals surface area contributed by atoms with E-state index < -0.39 is 0 Å². The first kappa shape index (κ1) is 25.5. The molecule has 0 spiro atoms. The molecule has 2 aromatic rings. The molecule has 0 amide bonds. The van der Waals surface area contributed by atoms with Crippen LogP contribution in [-0.2, 0) is 12.8 Å². The largest absolute Gasteiger partial charge is 0.507 e. The SMILES string of the molecule is CCCCCCCCc1c(CCCCCCC)cc(O)c(-c2ccccc2)c1C(C)C. The van der Waals surface area contributed by atoms with Gasteiger partial charge in [0.05, 0.1) is 0 Å². The van der Waals surface area contributed by atoms with Gasteiger partial charge in [0.25, 0.3) is 0 Å². The number of benzene rings is 2. The summed E-state index contributed by atoms with van der Waals surface area (Å²) in [7, 11) is 0. The second kappa shape index (κ2) is 14.3. The van der Waals surface area contributed by atoms with Crippen LogP contribution in [0.4, 0.5) is 0 Å². The molecule has 172 valence electrons. The fourth-order valence-electron chi connectivity index (χ4n) is 4.85. The van der Waals surface area contributed by atoms with Gasteiger partial charge in [-0.1, -0.05) is 116 Å². The van der Waals surface area contributed by atoms with E-state index in [1.54, 1.807) is 0 Å². The van der Waals surface area contributed by atoms with Crippen molar-refractivity contribution >= 4 is 0 Å². The smallest absolute Gasteiger partial charge is 0.123 e. The van der Waals surface area contributed by atoms with E-state index >= 15 is 0 Å². The Balaban J connectivity index is 2.32. The van der Waals surface area contributed by atoms with Gasteiger partial charge in [-0.15, -0.1) is 0 Å². The molecule has 0 bridgehead atoms. The van der Waals surface area contributed by atoms with Crippen LogP contribution in [0.3, 0.4) is 0 Å². The number of phenolic OH excluding ortho intramolecular Hbond substituents is 1. The average molecular weight is 423 g/mol. The van der Waals surface area contributed by atoms with Crippen molar-refractivity contribution in [3.05, 3.63) is 53.1 Å². The number of phenols is 1. The summed E-state index contributed by atoms with van der Waals surface area (Å²) in [4.78, 5) is 0. The molecular weight excluding hydrogens is 376 g/mol. The molecule has 2 aromatic carbocycles. The Morgan fingerprint density at radius 2 is 1.26 bits per heavy atom. The zero-order valence-electron chi connectivity index (χ0n) is 20.7. The second-order valence-electron chi connectivity index (χ2n) is 9.52. The molecule has 31 heavy (non-hydrogen) atoms. The molecule has 1 heteroatoms. The number of aryl methyl sites for hydroxylation is 1. The zero-order chi connectivity index (χ0) is 22.5. The van der Waals surface area contributed by atoms with E-state index in [-0.39, 0.29) is 0 Å². The second-order valence-corrected chi connectivity index (χ2v) is 9.52. The van der Waals surface area contributed by atoms with Crippen LogP contribution >= 0.6 is 0 Å². The first-order valence-electron chi connectivity index (χ1n) is 13.0. The summed E-state index contributed by atoms with van der Waals surface area (Å²) in [5, 5.41) is 11.1. The number of aromatic hydroxyl groups is 1. The molecule has 0 radical (unpaired) electrons. The lowest BCUT2D eigenvalue weighted by atomic mass is 9.82. The number of unbranched alkanes of at least 4 members (excludes halogenated alkanes) is 9. The Hall–Kier alpha value is -1.76. The van der Waals surface area contributed by atoms with Gasteiger partial charge in [-0.05, 0) is 59.9 Å². The van der Waals surface area contributed by atoms with Crippen LogP contribution in [0.15, 0.2) is 36.4 Å².